The number of aromatic nitrogens is 2. The molecule has 0 bridgehead atoms. The van der Waals surface area contributed by atoms with Crippen molar-refractivity contribution < 1.29 is 0 Å². The Kier molecular flexibility index (Phi) is 8.56. The highest BCUT2D eigenvalue weighted by atomic mass is 15.2. The van der Waals surface area contributed by atoms with Gasteiger partial charge in [-0.25, -0.2) is 4.98 Å². The molecule has 1 aromatic heterocycles. The third-order valence-corrected chi connectivity index (χ3v) is 5.84. The van der Waals surface area contributed by atoms with Gasteiger partial charge in [0.25, 0.3) is 0 Å². The Morgan fingerprint density at radius 2 is 2.03 bits per heavy atom. The zero-order valence-electron chi connectivity index (χ0n) is 18.0. The van der Waals surface area contributed by atoms with Gasteiger partial charge in [-0.3, -0.25) is 9.89 Å². The lowest BCUT2D eigenvalue weighted by atomic mass is 10.0. The van der Waals surface area contributed by atoms with Crippen LogP contribution in [0.3, 0.4) is 0 Å². The average molecular weight is 397 g/mol. The molecule has 3 rings (SSSR count). The summed E-state index contributed by atoms with van der Waals surface area (Å²) in [5.74, 6) is 1.87. The molecule has 1 fully saturated rings. The van der Waals surface area contributed by atoms with Gasteiger partial charge in [0.2, 0.25) is 0 Å². The van der Waals surface area contributed by atoms with Crippen LogP contribution in [0.15, 0.2) is 47.7 Å². The van der Waals surface area contributed by atoms with Crippen LogP contribution in [0.5, 0.6) is 0 Å². The van der Waals surface area contributed by atoms with Crippen LogP contribution in [-0.2, 0) is 19.5 Å². The van der Waals surface area contributed by atoms with Crippen LogP contribution in [0, 0.1) is 0 Å². The Morgan fingerprint density at radius 3 is 2.83 bits per heavy atom. The van der Waals surface area contributed by atoms with E-state index in [2.05, 4.69) is 73.5 Å². The molecule has 0 amide bonds. The second-order valence-corrected chi connectivity index (χ2v) is 7.72. The quantitative estimate of drug-likeness (QED) is 0.505. The van der Waals surface area contributed by atoms with Crippen molar-refractivity contribution in [3.05, 3.63) is 54.1 Å². The second-order valence-electron chi connectivity index (χ2n) is 7.72. The Balaban J connectivity index is 1.42. The maximum absolute atomic E-state index is 4.52. The molecular formula is C23H36N6. The van der Waals surface area contributed by atoms with E-state index in [4.69, 9.17) is 0 Å². The summed E-state index contributed by atoms with van der Waals surface area (Å²) in [5, 5.41) is 6.87. The summed E-state index contributed by atoms with van der Waals surface area (Å²) in [4.78, 5) is 11.5. The van der Waals surface area contributed by atoms with Crippen LogP contribution < -0.4 is 10.6 Å². The molecule has 1 aromatic carbocycles. The molecule has 1 aliphatic heterocycles. The molecule has 2 N–H and O–H groups in total. The number of rotatable bonds is 9. The van der Waals surface area contributed by atoms with Crippen molar-refractivity contribution in [2.24, 2.45) is 4.99 Å². The topological polar surface area (TPSA) is 57.5 Å². The largest absolute Gasteiger partial charge is 0.355 e. The number of aryl methyl sites for hydroxylation is 2. The monoisotopic (exact) mass is 396 g/mol. The standard InChI is InChI=1S/C23H36N6/c1-3-21-11-7-8-15-28(21)17-14-26-23(24-2)27-19-22-25-13-18-29(22)16-12-20-9-5-4-6-10-20/h4-6,9-10,13,18,21H,3,7-8,11-12,14-17,19H2,1-2H3,(H2,24,26,27). The van der Waals surface area contributed by atoms with Gasteiger partial charge in [-0.05, 0) is 37.8 Å². The predicted octanol–water partition coefficient (Wildman–Crippen LogP) is 3.06. The molecule has 2 aromatic rings. The first-order valence-corrected chi connectivity index (χ1v) is 11.0. The fraction of sp³-hybridized carbons (Fsp3) is 0.565. The van der Waals surface area contributed by atoms with Gasteiger partial charge in [-0.1, -0.05) is 43.7 Å². The zero-order chi connectivity index (χ0) is 20.3. The SMILES string of the molecule is CCC1CCCCN1CCNC(=NC)NCc1nccn1CCc1ccccc1. The number of guanidine groups is 1. The molecule has 158 valence electrons. The van der Waals surface area contributed by atoms with E-state index in [0.717, 1.165) is 43.9 Å². The van der Waals surface area contributed by atoms with E-state index in [-0.39, 0.29) is 0 Å². The van der Waals surface area contributed by atoms with E-state index in [0.29, 0.717) is 6.54 Å². The van der Waals surface area contributed by atoms with Crippen molar-refractivity contribution in [3.63, 3.8) is 0 Å². The summed E-state index contributed by atoms with van der Waals surface area (Å²) < 4.78 is 2.22. The van der Waals surface area contributed by atoms with Crippen LogP contribution in [0.25, 0.3) is 0 Å². The van der Waals surface area contributed by atoms with E-state index in [1.54, 1.807) is 0 Å². The number of benzene rings is 1. The number of hydrogen-bond acceptors (Lipinski definition) is 3. The van der Waals surface area contributed by atoms with Crippen molar-refractivity contribution in [2.75, 3.05) is 26.7 Å². The fourth-order valence-electron chi connectivity index (χ4n) is 4.12. The van der Waals surface area contributed by atoms with E-state index >= 15 is 0 Å². The van der Waals surface area contributed by atoms with Gasteiger partial charge in [0.05, 0.1) is 6.54 Å². The summed E-state index contributed by atoms with van der Waals surface area (Å²) >= 11 is 0. The Bertz CT molecular complexity index is 739. The molecule has 1 atom stereocenters. The molecular weight excluding hydrogens is 360 g/mol. The van der Waals surface area contributed by atoms with Gasteiger partial charge in [0, 0.05) is 45.1 Å². The van der Waals surface area contributed by atoms with E-state index in [9.17, 15) is 0 Å². The Morgan fingerprint density at radius 1 is 1.17 bits per heavy atom. The summed E-state index contributed by atoms with van der Waals surface area (Å²) in [6.07, 6.45) is 10.2. The second kappa shape index (κ2) is 11.6. The average Bonchev–Trinajstić information content (AvgIpc) is 3.23. The van der Waals surface area contributed by atoms with E-state index in [1.165, 1.54) is 37.8 Å². The van der Waals surface area contributed by atoms with Gasteiger partial charge in [-0.2, -0.15) is 0 Å². The summed E-state index contributed by atoms with van der Waals surface area (Å²) in [6.45, 7) is 7.12. The number of nitrogens with zero attached hydrogens (tertiary/aromatic N) is 4. The number of aliphatic imine (C=N–C) groups is 1. The minimum absolute atomic E-state index is 0.669. The maximum Gasteiger partial charge on any atom is 0.191 e. The first-order chi connectivity index (χ1) is 14.3. The van der Waals surface area contributed by atoms with Crippen molar-refractivity contribution in [3.8, 4) is 0 Å². The highest BCUT2D eigenvalue weighted by Gasteiger charge is 2.19. The highest BCUT2D eigenvalue weighted by Crippen LogP contribution is 2.18. The Hall–Kier alpha value is -2.34. The smallest absolute Gasteiger partial charge is 0.191 e. The van der Waals surface area contributed by atoms with Gasteiger partial charge < -0.3 is 15.2 Å². The molecule has 1 aliphatic rings. The fourth-order valence-corrected chi connectivity index (χ4v) is 4.12. The van der Waals surface area contributed by atoms with Crippen molar-refractivity contribution in [2.45, 2.75) is 58.2 Å². The van der Waals surface area contributed by atoms with Crippen LogP contribution in [0.1, 0.15) is 44.0 Å². The molecule has 0 radical (unpaired) electrons. The number of nitrogens with one attached hydrogen (secondary N) is 2. The minimum atomic E-state index is 0.669. The molecule has 0 aliphatic carbocycles. The van der Waals surface area contributed by atoms with Crippen LogP contribution >= 0.6 is 0 Å². The predicted molar refractivity (Wildman–Crippen MR) is 120 cm³/mol. The molecule has 0 saturated carbocycles. The molecule has 0 spiro atoms. The van der Waals surface area contributed by atoms with Crippen LogP contribution in [0.4, 0.5) is 0 Å². The summed E-state index contributed by atoms with van der Waals surface area (Å²) in [5.41, 5.74) is 1.35. The number of imidazole rings is 1. The van der Waals surface area contributed by atoms with Gasteiger partial charge in [0.15, 0.2) is 5.96 Å². The van der Waals surface area contributed by atoms with E-state index in [1.807, 2.05) is 13.2 Å². The number of hydrogen-bond donors (Lipinski definition) is 2. The number of piperidine rings is 1. The third kappa shape index (κ3) is 6.60. The maximum atomic E-state index is 4.52. The zero-order valence-corrected chi connectivity index (χ0v) is 18.0. The molecule has 1 unspecified atom stereocenters. The van der Waals surface area contributed by atoms with Crippen molar-refractivity contribution in [1.29, 1.82) is 0 Å². The molecule has 6 heteroatoms. The molecule has 2 heterocycles. The minimum Gasteiger partial charge on any atom is -0.355 e. The molecule has 6 nitrogen and oxygen atoms in total. The van der Waals surface area contributed by atoms with Gasteiger partial charge in [-0.15, -0.1) is 0 Å². The van der Waals surface area contributed by atoms with Crippen LogP contribution in [0.2, 0.25) is 0 Å². The first kappa shape index (κ1) is 21.4. The lowest BCUT2D eigenvalue weighted by Crippen LogP contribution is -2.45. The van der Waals surface area contributed by atoms with E-state index < -0.39 is 0 Å². The van der Waals surface area contributed by atoms with Crippen LogP contribution in [-0.4, -0.2) is 53.1 Å². The van der Waals surface area contributed by atoms with Gasteiger partial charge in [0.1, 0.15) is 5.82 Å². The van der Waals surface area contributed by atoms with Gasteiger partial charge >= 0.3 is 0 Å². The first-order valence-electron chi connectivity index (χ1n) is 11.0. The molecule has 1 saturated heterocycles. The molecule has 29 heavy (non-hydrogen) atoms. The summed E-state index contributed by atoms with van der Waals surface area (Å²) in [6, 6.07) is 11.3. The lowest BCUT2D eigenvalue weighted by molar-refractivity contribution is 0.147. The normalized spacial score (nSPS) is 18.0. The summed E-state index contributed by atoms with van der Waals surface area (Å²) in [7, 11) is 1.83. The van der Waals surface area contributed by atoms with Crippen molar-refractivity contribution >= 4 is 5.96 Å². The third-order valence-electron chi connectivity index (χ3n) is 5.84. The highest BCUT2D eigenvalue weighted by molar-refractivity contribution is 5.79. The number of likely N-dealkylation sites (tertiary alicyclic amines) is 1. The lowest BCUT2D eigenvalue weighted by Gasteiger charge is -2.35. The Labute approximate surface area is 175 Å². The van der Waals surface area contributed by atoms with Crippen molar-refractivity contribution in [1.82, 2.24) is 25.1 Å².